The fraction of sp³-hybridized carbons (Fsp3) is 0.600. The molecule has 0 nitrogen and oxygen atoms in total. The summed E-state index contributed by atoms with van der Waals surface area (Å²) in [7, 11) is 0. The Labute approximate surface area is 196 Å². The Morgan fingerprint density at radius 1 is 0.710 bits per heavy atom. The molecule has 0 aromatic heterocycles. The van der Waals surface area contributed by atoms with Crippen LogP contribution in [0.3, 0.4) is 0 Å². The van der Waals surface area contributed by atoms with Crippen molar-refractivity contribution in [2.75, 3.05) is 5.88 Å². The molecule has 0 unspecified atom stereocenters. The number of unbranched alkanes of at least 4 members (excludes halogenated alkanes) is 1. The van der Waals surface area contributed by atoms with Crippen LogP contribution in [0.25, 0.3) is 0 Å². The van der Waals surface area contributed by atoms with E-state index in [1.165, 1.54) is 68.9 Å². The highest BCUT2D eigenvalue weighted by molar-refractivity contribution is 6.17. The van der Waals surface area contributed by atoms with Crippen molar-refractivity contribution in [1.82, 2.24) is 0 Å². The first-order chi connectivity index (χ1) is 15.2. The lowest BCUT2D eigenvalue weighted by molar-refractivity contribution is 0.165. The molecule has 0 N–H and O–H groups in total. The molecule has 0 radical (unpaired) electrons. The van der Waals surface area contributed by atoms with Crippen LogP contribution in [0.15, 0.2) is 54.6 Å². The minimum absolute atomic E-state index is 0.785. The molecule has 2 aromatic carbocycles. The van der Waals surface area contributed by atoms with Crippen molar-refractivity contribution in [3.05, 3.63) is 71.3 Å². The summed E-state index contributed by atoms with van der Waals surface area (Å²) in [5.74, 6) is 4.73. The fourth-order valence-electron chi connectivity index (χ4n) is 5.59. The van der Waals surface area contributed by atoms with E-state index in [4.69, 9.17) is 11.6 Å². The highest BCUT2D eigenvalue weighted by Gasteiger charge is 2.30. The molecule has 2 aliphatic rings. The largest absolute Gasteiger partial charge is 0.127 e. The van der Waals surface area contributed by atoms with Gasteiger partial charge in [-0.3, -0.25) is 0 Å². The highest BCUT2D eigenvalue weighted by Crippen LogP contribution is 2.43. The summed E-state index contributed by atoms with van der Waals surface area (Å²) in [6.45, 7) is 4.62. The van der Waals surface area contributed by atoms with Gasteiger partial charge in [-0.05, 0) is 99.5 Å². The smallest absolute Gasteiger partial charge is 0.0223 e. The van der Waals surface area contributed by atoms with Gasteiger partial charge in [0.25, 0.3) is 0 Å². The molecule has 2 aromatic rings. The molecule has 0 amide bonds. The van der Waals surface area contributed by atoms with Crippen molar-refractivity contribution >= 4 is 11.6 Å². The Morgan fingerprint density at radius 2 is 1.29 bits per heavy atom. The molecule has 31 heavy (non-hydrogen) atoms. The molecule has 0 bridgehead atoms. The molecule has 2 aliphatic carbocycles. The van der Waals surface area contributed by atoms with Crippen molar-refractivity contribution in [2.45, 2.75) is 90.4 Å². The number of aryl methyl sites for hydroxylation is 2. The number of hydrogen-bond donors (Lipinski definition) is 0. The summed E-state index contributed by atoms with van der Waals surface area (Å²) in [6.07, 6.45) is 15.3. The van der Waals surface area contributed by atoms with Crippen LogP contribution in [-0.2, 0) is 6.42 Å². The van der Waals surface area contributed by atoms with Gasteiger partial charge in [-0.2, -0.15) is 0 Å². The lowest BCUT2D eigenvalue weighted by atomic mass is 9.68. The Kier molecular flexibility index (Phi) is 10.5. The zero-order chi connectivity index (χ0) is 21.9. The molecule has 0 saturated heterocycles. The zero-order valence-electron chi connectivity index (χ0n) is 19.9. The number of rotatable bonds is 6. The monoisotopic (exact) mass is 438 g/mol. The molecule has 2 fully saturated rings. The van der Waals surface area contributed by atoms with Crippen molar-refractivity contribution < 1.29 is 0 Å². The Hall–Kier alpha value is -1.27. The van der Waals surface area contributed by atoms with Gasteiger partial charge in [0.05, 0.1) is 0 Å². The van der Waals surface area contributed by atoms with E-state index in [-0.39, 0.29) is 0 Å². The standard InChI is InChI=1S/C20H30.C10H13Cl/c1-15-3-7-17(8-4-15)19-11-13-20(14-12-19)18-9-5-16(2)6-10-18;11-9-5-4-8-10-6-2-1-3-7-10/h3-4,7-8,16,18-20H,5-6,9-14H2,1-2H3;1-3,6-7H,4-5,8-9H2. The van der Waals surface area contributed by atoms with E-state index in [1.807, 2.05) is 6.07 Å². The third kappa shape index (κ3) is 8.30. The predicted molar refractivity (Wildman–Crippen MR) is 137 cm³/mol. The average Bonchev–Trinajstić information content (AvgIpc) is 2.82. The lowest BCUT2D eigenvalue weighted by Gasteiger charge is -2.37. The van der Waals surface area contributed by atoms with Crippen LogP contribution in [0.4, 0.5) is 0 Å². The third-order valence-electron chi connectivity index (χ3n) is 7.74. The molecular weight excluding hydrogens is 396 g/mol. The molecule has 0 atom stereocenters. The molecule has 4 rings (SSSR count). The van der Waals surface area contributed by atoms with E-state index in [9.17, 15) is 0 Å². The van der Waals surface area contributed by atoms with Gasteiger partial charge >= 0.3 is 0 Å². The maximum atomic E-state index is 5.57. The maximum absolute atomic E-state index is 5.57. The topological polar surface area (TPSA) is 0 Å². The van der Waals surface area contributed by atoms with Crippen molar-refractivity contribution in [2.24, 2.45) is 17.8 Å². The third-order valence-corrected chi connectivity index (χ3v) is 8.01. The second-order valence-electron chi connectivity index (χ2n) is 10.2. The Morgan fingerprint density at radius 3 is 1.87 bits per heavy atom. The number of alkyl halides is 1. The average molecular weight is 439 g/mol. The van der Waals surface area contributed by atoms with Crippen LogP contribution in [0.5, 0.6) is 0 Å². The molecule has 170 valence electrons. The lowest BCUT2D eigenvalue weighted by Crippen LogP contribution is -2.24. The van der Waals surface area contributed by atoms with Crippen LogP contribution in [-0.4, -0.2) is 5.88 Å². The van der Waals surface area contributed by atoms with Gasteiger partial charge < -0.3 is 0 Å². The van der Waals surface area contributed by atoms with Crippen LogP contribution < -0.4 is 0 Å². The Balaban J connectivity index is 0.000000210. The quantitative estimate of drug-likeness (QED) is 0.311. The summed E-state index contributed by atoms with van der Waals surface area (Å²) in [6, 6.07) is 19.8. The van der Waals surface area contributed by atoms with Gasteiger partial charge in [-0.1, -0.05) is 79.9 Å². The molecule has 1 heteroatoms. The van der Waals surface area contributed by atoms with Gasteiger partial charge in [0.15, 0.2) is 0 Å². The summed E-state index contributed by atoms with van der Waals surface area (Å²) in [5.41, 5.74) is 4.39. The van der Waals surface area contributed by atoms with Crippen molar-refractivity contribution in [3.63, 3.8) is 0 Å². The first-order valence-corrected chi connectivity index (χ1v) is 13.4. The van der Waals surface area contributed by atoms with Crippen molar-refractivity contribution in [1.29, 1.82) is 0 Å². The normalized spacial score (nSPS) is 26.0. The Bertz CT molecular complexity index is 704. The predicted octanol–water partition coefficient (Wildman–Crippen LogP) is 9.34. The second kappa shape index (κ2) is 13.3. The number of hydrogen-bond acceptors (Lipinski definition) is 0. The van der Waals surface area contributed by atoms with Gasteiger partial charge in [0.2, 0.25) is 0 Å². The number of benzene rings is 2. The van der Waals surface area contributed by atoms with Crippen molar-refractivity contribution in [3.8, 4) is 0 Å². The maximum Gasteiger partial charge on any atom is 0.0223 e. The van der Waals surface area contributed by atoms with Crippen LogP contribution in [0.1, 0.15) is 93.7 Å². The van der Waals surface area contributed by atoms with E-state index in [1.54, 1.807) is 5.56 Å². The van der Waals surface area contributed by atoms with Crippen LogP contribution in [0, 0.1) is 24.7 Å². The number of halogens is 1. The van der Waals surface area contributed by atoms with Crippen LogP contribution in [0.2, 0.25) is 0 Å². The zero-order valence-corrected chi connectivity index (χ0v) is 20.6. The minimum Gasteiger partial charge on any atom is -0.127 e. The molecule has 0 heterocycles. The SMILES string of the molecule is Cc1ccc(C2CCC(C3CCC(C)CC3)CC2)cc1.ClCCCCc1ccccc1. The van der Waals surface area contributed by atoms with E-state index >= 15 is 0 Å². The van der Waals surface area contributed by atoms with E-state index in [2.05, 4.69) is 62.4 Å². The first-order valence-electron chi connectivity index (χ1n) is 12.8. The summed E-state index contributed by atoms with van der Waals surface area (Å²) < 4.78 is 0. The van der Waals surface area contributed by atoms with E-state index < -0.39 is 0 Å². The highest BCUT2D eigenvalue weighted by atomic mass is 35.5. The second-order valence-corrected chi connectivity index (χ2v) is 10.6. The molecule has 2 saturated carbocycles. The van der Waals surface area contributed by atoms with Gasteiger partial charge in [-0.15, -0.1) is 11.6 Å². The molecular formula is C30H43Cl. The fourth-order valence-corrected chi connectivity index (χ4v) is 5.78. The summed E-state index contributed by atoms with van der Waals surface area (Å²) >= 11 is 5.57. The van der Waals surface area contributed by atoms with Gasteiger partial charge in [0.1, 0.15) is 0 Å². The molecule has 0 spiro atoms. The van der Waals surface area contributed by atoms with E-state index in [0.29, 0.717) is 0 Å². The summed E-state index contributed by atoms with van der Waals surface area (Å²) in [4.78, 5) is 0. The van der Waals surface area contributed by atoms with Gasteiger partial charge in [-0.25, -0.2) is 0 Å². The van der Waals surface area contributed by atoms with E-state index in [0.717, 1.165) is 42.4 Å². The first kappa shape index (κ1) is 24.4. The summed E-state index contributed by atoms with van der Waals surface area (Å²) in [5, 5.41) is 0. The van der Waals surface area contributed by atoms with Crippen LogP contribution >= 0.6 is 11.6 Å². The minimum atomic E-state index is 0.785. The molecule has 0 aliphatic heterocycles. The van der Waals surface area contributed by atoms with Gasteiger partial charge in [0, 0.05) is 5.88 Å².